The van der Waals surface area contributed by atoms with Crippen LogP contribution in [0, 0.1) is 0 Å². The van der Waals surface area contributed by atoms with Gasteiger partial charge in [0.05, 0.1) is 0 Å². The SMILES string of the molecule is CC(C)(C)NC(=O)c1ccc(N2CCCCC2)nn1. The van der Waals surface area contributed by atoms with Gasteiger partial charge in [-0.25, -0.2) is 0 Å². The fraction of sp³-hybridized carbons (Fsp3) is 0.643. The van der Waals surface area contributed by atoms with Gasteiger partial charge in [-0.3, -0.25) is 4.79 Å². The van der Waals surface area contributed by atoms with E-state index in [1.807, 2.05) is 26.8 Å². The summed E-state index contributed by atoms with van der Waals surface area (Å²) in [6.45, 7) is 7.89. The number of aromatic nitrogens is 2. The van der Waals surface area contributed by atoms with Crippen molar-refractivity contribution in [1.29, 1.82) is 0 Å². The van der Waals surface area contributed by atoms with Gasteiger partial charge in [-0.15, -0.1) is 10.2 Å². The molecule has 1 N–H and O–H groups in total. The molecule has 0 bridgehead atoms. The topological polar surface area (TPSA) is 58.1 Å². The van der Waals surface area contributed by atoms with Crippen LogP contribution in [0.15, 0.2) is 12.1 Å². The maximum Gasteiger partial charge on any atom is 0.272 e. The van der Waals surface area contributed by atoms with Gasteiger partial charge in [0.15, 0.2) is 11.5 Å². The highest BCUT2D eigenvalue weighted by molar-refractivity contribution is 5.92. The Bertz CT molecular complexity index is 430. The van der Waals surface area contributed by atoms with Gasteiger partial charge in [-0.1, -0.05) is 0 Å². The number of rotatable bonds is 2. The minimum absolute atomic E-state index is 0.176. The van der Waals surface area contributed by atoms with E-state index >= 15 is 0 Å². The lowest BCUT2D eigenvalue weighted by Crippen LogP contribution is -2.41. The first kappa shape index (κ1) is 13.8. The van der Waals surface area contributed by atoms with Gasteiger partial charge in [0, 0.05) is 18.6 Å². The van der Waals surface area contributed by atoms with E-state index in [-0.39, 0.29) is 11.4 Å². The van der Waals surface area contributed by atoms with E-state index < -0.39 is 0 Å². The Morgan fingerprint density at radius 3 is 2.37 bits per heavy atom. The zero-order valence-corrected chi connectivity index (χ0v) is 11.9. The van der Waals surface area contributed by atoms with Gasteiger partial charge >= 0.3 is 0 Å². The van der Waals surface area contributed by atoms with Crippen LogP contribution < -0.4 is 10.2 Å². The van der Waals surface area contributed by atoms with E-state index in [2.05, 4.69) is 20.4 Å². The highest BCUT2D eigenvalue weighted by Gasteiger charge is 2.18. The highest BCUT2D eigenvalue weighted by Crippen LogP contribution is 2.16. The van der Waals surface area contributed by atoms with Crippen molar-refractivity contribution in [2.24, 2.45) is 0 Å². The lowest BCUT2D eigenvalue weighted by molar-refractivity contribution is 0.0913. The number of hydrogen-bond donors (Lipinski definition) is 1. The zero-order chi connectivity index (χ0) is 13.9. The second-order valence-electron chi connectivity index (χ2n) is 6.03. The number of nitrogens with one attached hydrogen (secondary N) is 1. The van der Waals surface area contributed by atoms with Crippen molar-refractivity contribution >= 4 is 11.7 Å². The monoisotopic (exact) mass is 262 g/mol. The van der Waals surface area contributed by atoms with Gasteiger partial charge < -0.3 is 10.2 Å². The van der Waals surface area contributed by atoms with E-state index in [0.29, 0.717) is 5.69 Å². The van der Waals surface area contributed by atoms with Crippen molar-refractivity contribution in [3.63, 3.8) is 0 Å². The second kappa shape index (κ2) is 5.55. The van der Waals surface area contributed by atoms with Crippen LogP contribution in [0.5, 0.6) is 0 Å². The number of carbonyl (C=O) groups excluding carboxylic acids is 1. The normalized spacial score (nSPS) is 16.3. The summed E-state index contributed by atoms with van der Waals surface area (Å²) in [5.74, 6) is 0.692. The maximum atomic E-state index is 11.9. The molecule has 1 fully saturated rings. The summed E-state index contributed by atoms with van der Waals surface area (Å²) in [4.78, 5) is 14.1. The summed E-state index contributed by atoms with van der Waals surface area (Å²) in [5.41, 5.74) is 0.111. The third-order valence-electron chi connectivity index (χ3n) is 3.05. The van der Waals surface area contributed by atoms with Crippen LogP contribution >= 0.6 is 0 Å². The van der Waals surface area contributed by atoms with Gasteiger partial charge in [0.2, 0.25) is 0 Å². The van der Waals surface area contributed by atoms with Crippen LogP contribution in [0.3, 0.4) is 0 Å². The van der Waals surface area contributed by atoms with Crippen molar-refractivity contribution in [2.45, 2.75) is 45.6 Å². The Morgan fingerprint density at radius 2 is 1.84 bits per heavy atom. The molecule has 1 amide bonds. The van der Waals surface area contributed by atoms with Crippen LogP contribution in [-0.4, -0.2) is 34.7 Å². The van der Waals surface area contributed by atoms with E-state index in [1.54, 1.807) is 6.07 Å². The number of amides is 1. The predicted octanol–water partition coefficient (Wildman–Crippen LogP) is 2.00. The molecule has 1 aromatic rings. The molecule has 2 rings (SSSR count). The summed E-state index contributed by atoms with van der Waals surface area (Å²) in [5, 5.41) is 11.1. The molecule has 1 aliphatic rings. The smallest absolute Gasteiger partial charge is 0.272 e. The van der Waals surface area contributed by atoms with Gasteiger partial charge in [-0.05, 0) is 52.2 Å². The Kier molecular flexibility index (Phi) is 4.02. The average molecular weight is 262 g/mol. The molecule has 0 saturated carbocycles. The molecule has 5 heteroatoms. The van der Waals surface area contributed by atoms with Crippen LogP contribution in [0.1, 0.15) is 50.5 Å². The molecule has 104 valence electrons. The Hall–Kier alpha value is -1.65. The summed E-state index contributed by atoms with van der Waals surface area (Å²) in [7, 11) is 0. The minimum Gasteiger partial charge on any atom is -0.355 e. The van der Waals surface area contributed by atoms with E-state index in [9.17, 15) is 4.79 Å². The van der Waals surface area contributed by atoms with E-state index in [4.69, 9.17) is 0 Å². The summed E-state index contributed by atoms with van der Waals surface area (Å²) >= 11 is 0. The Balaban J connectivity index is 2.03. The molecule has 5 nitrogen and oxygen atoms in total. The van der Waals surface area contributed by atoms with Crippen molar-refractivity contribution in [3.05, 3.63) is 17.8 Å². The lowest BCUT2D eigenvalue weighted by Gasteiger charge is -2.27. The number of carbonyl (C=O) groups is 1. The fourth-order valence-corrected chi connectivity index (χ4v) is 2.14. The first-order chi connectivity index (χ1) is 8.96. The molecule has 0 radical (unpaired) electrons. The molecule has 0 aliphatic carbocycles. The molecule has 0 atom stereocenters. The van der Waals surface area contributed by atoms with Crippen molar-refractivity contribution in [2.75, 3.05) is 18.0 Å². The average Bonchev–Trinajstić information content (AvgIpc) is 2.38. The number of hydrogen-bond acceptors (Lipinski definition) is 4. The molecule has 2 heterocycles. The fourth-order valence-electron chi connectivity index (χ4n) is 2.14. The van der Waals surface area contributed by atoms with E-state index in [0.717, 1.165) is 18.9 Å². The molecular weight excluding hydrogens is 240 g/mol. The van der Waals surface area contributed by atoms with Crippen LogP contribution in [0.25, 0.3) is 0 Å². The summed E-state index contributed by atoms with van der Waals surface area (Å²) in [6, 6.07) is 3.63. The van der Waals surface area contributed by atoms with Gasteiger partial charge in [-0.2, -0.15) is 0 Å². The van der Waals surface area contributed by atoms with E-state index in [1.165, 1.54) is 19.3 Å². The lowest BCUT2D eigenvalue weighted by atomic mass is 10.1. The third kappa shape index (κ3) is 3.91. The molecule has 19 heavy (non-hydrogen) atoms. The predicted molar refractivity (Wildman–Crippen MR) is 75.3 cm³/mol. The third-order valence-corrected chi connectivity index (χ3v) is 3.05. The molecule has 0 spiro atoms. The van der Waals surface area contributed by atoms with Gasteiger partial charge in [0.25, 0.3) is 5.91 Å². The molecule has 1 aliphatic heterocycles. The number of anilines is 1. The highest BCUT2D eigenvalue weighted by atomic mass is 16.2. The van der Waals surface area contributed by atoms with Crippen LogP contribution in [0.4, 0.5) is 5.82 Å². The molecule has 0 aromatic carbocycles. The van der Waals surface area contributed by atoms with Crippen molar-refractivity contribution < 1.29 is 4.79 Å². The summed E-state index contributed by atoms with van der Waals surface area (Å²) < 4.78 is 0. The largest absolute Gasteiger partial charge is 0.355 e. The Morgan fingerprint density at radius 1 is 1.16 bits per heavy atom. The molecular formula is C14H22N4O. The standard InChI is InChI=1S/C14H22N4O/c1-14(2,3)15-13(19)11-7-8-12(17-16-11)18-9-5-4-6-10-18/h7-8H,4-6,9-10H2,1-3H3,(H,15,19). The second-order valence-corrected chi connectivity index (χ2v) is 6.03. The number of nitrogens with zero attached hydrogens (tertiary/aromatic N) is 3. The quantitative estimate of drug-likeness (QED) is 0.885. The first-order valence-electron chi connectivity index (χ1n) is 6.87. The van der Waals surface area contributed by atoms with Gasteiger partial charge in [0.1, 0.15) is 0 Å². The molecule has 1 aromatic heterocycles. The van der Waals surface area contributed by atoms with Crippen molar-refractivity contribution in [3.8, 4) is 0 Å². The summed E-state index contributed by atoms with van der Waals surface area (Å²) in [6.07, 6.45) is 3.69. The van der Waals surface area contributed by atoms with Crippen molar-refractivity contribution in [1.82, 2.24) is 15.5 Å². The minimum atomic E-state index is -0.260. The molecule has 1 saturated heterocycles. The molecule has 0 unspecified atom stereocenters. The van der Waals surface area contributed by atoms with Crippen LogP contribution in [0.2, 0.25) is 0 Å². The first-order valence-corrected chi connectivity index (χ1v) is 6.87. The zero-order valence-electron chi connectivity index (χ0n) is 11.9. The van der Waals surface area contributed by atoms with Crippen LogP contribution in [-0.2, 0) is 0 Å². The Labute approximate surface area is 114 Å². The number of piperidine rings is 1. The maximum absolute atomic E-state index is 11.9.